The van der Waals surface area contributed by atoms with E-state index >= 15 is 0 Å². The number of amides is 1. The molecule has 1 aromatic heterocycles. The summed E-state index contributed by atoms with van der Waals surface area (Å²) in [6, 6.07) is 24.8. The number of H-pyrrole nitrogens is 1. The summed E-state index contributed by atoms with van der Waals surface area (Å²) in [7, 11) is 3.13. The molecule has 0 aliphatic heterocycles. The maximum atomic E-state index is 12.4. The molecule has 0 radical (unpaired) electrons. The Hall–Kier alpha value is -4.59. The Bertz CT molecular complexity index is 1280. The quantitative estimate of drug-likeness (QED) is 0.263. The molecule has 0 aliphatic carbocycles. The maximum absolute atomic E-state index is 12.4. The summed E-state index contributed by atoms with van der Waals surface area (Å²) in [5.41, 5.74) is 6.29. The van der Waals surface area contributed by atoms with E-state index in [0.29, 0.717) is 29.5 Å². The van der Waals surface area contributed by atoms with Gasteiger partial charge in [0.1, 0.15) is 11.4 Å². The van der Waals surface area contributed by atoms with Crippen molar-refractivity contribution in [1.82, 2.24) is 15.6 Å². The molecule has 0 bridgehead atoms. The van der Waals surface area contributed by atoms with Gasteiger partial charge in [0.05, 0.1) is 32.7 Å². The van der Waals surface area contributed by atoms with Gasteiger partial charge in [0.2, 0.25) is 0 Å². The number of nitrogens with one attached hydrogen (secondary N) is 2. The van der Waals surface area contributed by atoms with Crippen molar-refractivity contribution in [3.8, 4) is 28.5 Å². The van der Waals surface area contributed by atoms with Crippen molar-refractivity contribution in [3.05, 3.63) is 95.7 Å². The van der Waals surface area contributed by atoms with E-state index in [9.17, 15) is 4.79 Å². The molecule has 0 spiro atoms. The zero-order chi connectivity index (χ0) is 24.5. The summed E-state index contributed by atoms with van der Waals surface area (Å²) in [6.45, 7) is 0.597. The Labute approximate surface area is 203 Å². The number of hydrogen-bond acceptors (Lipinski definition) is 6. The third-order valence-corrected chi connectivity index (χ3v) is 5.26. The van der Waals surface area contributed by atoms with E-state index in [4.69, 9.17) is 14.2 Å². The van der Waals surface area contributed by atoms with E-state index < -0.39 is 5.91 Å². The number of aromatic amines is 1. The van der Waals surface area contributed by atoms with Gasteiger partial charge >= 0.3 is 0 Å². The molecule has 0 unspecified atom stereocenters. The first-order valence-corrected chi connectivity index (χ1v) is 11.0. The molecule has 0 fully saturated rings. The van der Waals surface area contributed by atoms with Crippen LogP contribution in [-0.2, 0) is 6.42 Å². The third-order valence-electron chi connectivity index (χ3n) is 5.26. The lowest BCUT2D eigenvalue weighted by Crippen LogP contribution is -2.18. The molecule has 4 aromatic rings. The second-order valence-corrected chi connectivity index (χ2v) is 7.59. The van der Waals surface area contributed by atoms with Crippen LogP contribution in [0.1, 0.15) is 21.6 Å². The summed E-state index contributed by atoms with van der Waals surface area (Å²) < 4.78 is 16.3. The second-order valence-electron chi connectivity index (χ2n) is 7.59. The largest absolute Gasteiger partial charge is 0.493 e. The molecular formula is C27H26N4O4. The number of nitrogens with zero attached hydrogens (tertiary/aromatic N) is 2. The van der Waals surface area contributed by atoms with Gasteiger partial charge in [0.15, 0.2) is 11.5 Å². The van der Waals surface area contributed by atoms with E-state index in [2.05, 4.69) is 32.9 Å². The fraction of sp³-hybridized carbons (Fsp3) is 0.148. The molecular weight excluding hydrogens is 444 g/mol. The summed E-state index contributed by atoms with van der Waals surface area (Å²) in [4.78, 5) is 12.4. The van der Waals surface area contributed by atoms with Gasteiger partial charge in [-0.1, -0.05) is 30.3 Å². The van der Waals surface area contributed by atoms with Crippen molar-refractivity contribution >= 4 is 12.1 Å². The van der Waals surface area contributed by atoms with Crippen LogP contribution in [0.5, 0.6) is 17.2 Å². The Morgan fingerprint density at radius 3 is 2.49 bits per heavy atom. The van der Waals surface area contributed by atoms with Gasteiger partial charge in [-0.15, -0.1) is 0 Å². The SMILES string of the molecule is COc1ccc(/C=N/NC(=O)c2cc(-c3ccc(OCCc4ccccc4)cc3)n[nH]2)cc1OC. The van der Waals surface area contributed by atoms with Crippen LogP contribution in [-0.4, -0.2) is 43.1 Å². The Morgan fingerprint density at radius 1 is 0.971 bits per heavy atom. The highest BCUT2D eigenvalue weighted by atomic mass is 16.5. The molecule has 0 aliphatic rings. The highest BCUT2D eigenvalue weighted by Crippen LogP contribution is 2.27. The Kier molecular flexibility index (Phi) is 7.75. The average Bonchev–Trinajstić information content (AvgIpc) is 3.40. The molecule has 4 rings (SSSR count). The first kappa shape index (κ1) is 23.6. The second kappa shape index (κ2) is 11.5. The molecule has 1 amide bonds. The molecule has 178 valence electrons. The lowest BCUT2D eigenvalue weighted by Gasteiger charge is -2.07. The van der Waals surface area contributed by atoms with Gasteiger partial charge in [-0.25, -0.2) is 5.43 Å². The van der Waals surface area contributed by atoms with E-state index in [0.717, 1.165) is 23.3 Å². The van der Waals surface area contributed by atoms with Gasteiger partial charge in [-0.05, 0) is 59.7 Å². The first-order chi connectivity index (χ1) is 17.2. The van der Waals surface area contributed by atoms with Gasteiger partial charge in [0.25, 0.3) is 5.91 Å². The van der Waals surface area contributed by atoms with Gasteiger partial charge in [-0.3, -0.25) is 9.89 Å². The fourth-order valence-corrected chi connectivity index (χ4v) is 3.40. The van der Waals surface area contributed by atoms with Crippen molar-refractivity contribution in [3.63, 3.8) is 0 Å². The summed E-state index contributed by atoms with van der Waals surface area (Å²) in [5, 5.41) is 11.0. The topological polar surface area (TPSA) is 97.8 Å². The van der Waals surface area contributed by atoms with Crippen LogP contribution in [0.4, 0.5) is 0 Å². The third kappa shape index (κ3) is 6.26. The zero-order valence-electron chi connectivity index (χ0n) is 19.5. The van der Waals surface area contributed by atoms with Crippen molar-refractivity contribution in [2.45, 2.75) is 6.42 Å². The van der Waals surface area contributed by atoms with E-state index in [1.54, 1.807) is 38.5 Å². The number of methoxy groups -OCH3 is 2. The summed E-state index contributed by atoms with van der Waals surface area (Å²) in [5.74, 6) is 1.57. The minimum absolute atomic E-state index is 0.299. The minimum Gasteiger partial charge on any atom is -0.493 e. The molecule has 0 saturated carbocycles. The monoisotopic (exact) mass is 470 g/mol. The highest BCUT2D eigenvalue weighted by molar-refractivity contribution is 5.94. The highest BCUT2D eigenvalue weighted by Gasteiger charge is 2.11. The van der Waals surface area contributed by atoms with Crippen molar-refractivity contribution in [2.24, 2.45) is 5.10 Å². The minimum atomic E-state index is -0.402. The molecule has 8 heteroatoms. The standard InChI is InChI=1S/C27H26N4O4/c1-33-25-13-8-20(16-26(25)34-2)18-28-31-27(32)24-17-23(29-30-24)21-9-11-22(12-10-21)35-15-14-19-6-4-3-5-7-19/h3-13,16-18H,14-15H2,1-2H3,(H,29,30)(H,31,32)/b28-18+. The average molecular weight is 471 g/mol. The Morgan fingerprint density at radius 2 is 1.74 bits per heavy atom. The van der Waals surface area contributed by atoms with Crippen LogP contribution < -0.4 is 19.6 Å². The molecule has 1 heterocycles. The molecule has 2 N–H and O–H groups in total. The number of hydrogen-bond donors (Lipinski definition) is 2. The van der Waals surface area contributed by atoms with E-state index in [-0.39, 0.29) is 0 Å². The number of carbonyl (C=O) groups excluding carboxylic acids is 1. The first-order valence-electron chi connectivity index (χ1n) is 11.0. The van der Waals surface area contributed by atoms with Crippen molar-refractivity contribution < 1.29 is 19.0 Å². The predicted octanol–water partition coefficient (Wildman–Crippen LogP) is 4.48. The molecule has 8 nitrogen and oxygen atoms in total. The maximum Gasteiger partial charge on any atom is 0.289 e. The van der Waals surface area contributed by atoms with Crippen LogP contribution >= 0.6 is 0 Å². The normalized spacial score (nSPS) is 10.8. The van der Waals surface area contributed by atoms with Gasteiger partial charge < -0.3 is 14.2 Å². The molecule has 35 heavy (non-hydrogen) atoms. The number of aromatic nitrogens is 2. The van der Waals surface area contributed by atoms with Crippen LogP contribution in [0.3, 0.4) is 0 Å². The fourth-order valence-electron chi connectivity index (χ4n) is 3.40. The zero-order valence-corrected chi connectivity index (χ0v) is 19.5. The summed E-state index contributed by atoms with van der Waals surface area (Å²) in [6.07, 6.45) is 2.36. The predicted molar refractivity (Wildman–Crippen MR) is 134 cm³/mol. The number of benzene rings is 3. The smallest absolute Gasteiger partial charge is 0.289 e. The van der Waals surface area contributed by atoms with Crippen molar-refractivity contribution in [2.75, 3.05) is 20.8 Å². The van der Waals surface area contributed by atoms with Gasteiger partial charge in [-0.2, -0.15) is 10.2 Å². The molecule has 0 saturated heterocycles. The number of hydrazone groups is 1. The number of rotatable bonds is 10. The van der Waals surface area contributed by atoms with Gasteiger partial charge in [0, 0.05) is 12.0 Å². The Balaban J connectivity index is 1.31. The summed E-state index contributed by atoms with van der Waals surface area (Å²) >= 11 is 0. The van der Waals surface area contributed by atoms with E-state index in [1.165, 1.54) is 11.8 Å². The molecule has 0 atom stereocenters. The van der Waals surface area contributed by atoms with Crippen molar-refractivity contribution in [1.29, 1.82) is 0 Å². The molecule has 3 aromatic carbocycles. The number of carbonyl (C=O) groups is 1. The van der Waals surface area contributed by atoms with Crippen LogP contribution in [0.2, 0.25) is 0 Å². The van der Waals surface area contributed by atoms with E-state index in [1.807, 2.05) is 42.5 Å². The van der Waals surface area contributed by atoms with Crippen LogP contribution in [0, 0.1) is 0 Å². The van der Waals surface area contributed by atoms with Crippen LogP contribution in [0.25, 0.3) is 11.3 Å². The lowest BCUT2D eigenvalue weighted by atomic mass is 10.1. The van der Waals surface area contributed by atoms with Crippen LogP contribution in [0.15, 0.2) is 84.0 Å². The number of ether oxygens (including phenoxy) is 3. The lowest BCUT2D eigenvalue weighted by molar-refractivity contribution is 0.0950.